The summed E-state index contributed by atoms with van der Waals surface area (Å²) in [5, 5.41) is 7.66. The van der Waals surface area contributed by atoms with Crippen molar-refractivity contribution in [2.75, 3.05) is 6.54 Å². The molecule has 0 aliphatic heterocycles. The quantitative estimate of drug-likeness (QED) is 0.516. The summed E-state index contributed by atoms with van der Waals surface area (Å²) in [6, 6.07) is 11.2. The van der Waals surface area contributed by atoms with E-state index in [-0.39, 0.29) is 18.2 Å². The molecule has 4 aromatic rings. The molecule has 0 fully saturated rings. The van der Waals surface area contributed by atoms with E-state index in [0.29, 0.717) is 18.1 Å². The van der Waals surface area contributed by atoms with Gasteiger partial charge >= 0.3 is 0 Å². The third-order valence-electron chi connectivity index (χ3n) is 4.09. The minimum absolute atomic E-state index is 0.186. The van der Waals surface area contributed by atoms with Crippen LogP contribution >= 0.6 is 11.3 Å². The van der Waals surface area contributed by atoms with Gasteiger partial charge in [-0.15, -0.1) is 11.3 Å². The second-order valence-electron chi connectivity index (χ2n) is 6.19. The van der Waals surface area contributed by atoms with Crippen LogP contribution in [-0.4, -0.2) is 27.6 Å². The summed E-state index contributed by atoms with van der Waals surface area (Å²) in [4.78, 5) is 20.6. The predicted molar refractivity (Wildman–Crippen MR) is 105 cm³/mol. The number of benzene rings is 1. The lowest BCUT2D eigenvalue weighted by atomic mass is 10.2. The molecule has 3 heterocycles. The SMILES string of the molecule is Cc1nc2cc(OCc3cc(C(=O)NCCc4ccncc4)no3)ccc2s1. The van der Waals surface area contributed by atoms with Crippen molar-refractivity contribution in [1.29, 1.82) is 0 Å². The summed E-state index contributed by atoms with van der Waals surface area (Å²) in [5.41, 5.74) is 2.25. The smallest absolute Gasteiger partial charge is 0.273 e. The number of rotatable bonds is 7. The average molecular weight is 394 g/mol. The van der Waals surface area contributed by atoms with Crippen LogP contribution in [0.1, 0.15) is 26.8 Å². The zero-order valence-corrected chi connectivity index (χ0v) is 16.0. The van der Waals surface area contributed by atoms with E-state index in [1.165, 1.54) is 0 Å². The Morgan fingerprint density at radius 3 is 2.93 bits per heavy atom. The average Bonchev–Trinajstić information content (AvgIpc) is 3.32. The van der Waals surface area contributed by atoms with Crippen molar-refractivity contribution >= 4 is 27.5 Å². The van der Waals surface area contributed by atoms with Gasteiger partial charge < -0.3 is 14.6 Å². The molecule has 8 heteroatoms. The van der Waals surface area contributed by atoms with Gasteiger partial charge in [0.05, 0.1) is 15.2 Å². The molecular weight excluding hydrogens is 376 g/mol. The molecule has 1 N–H and O–H groups in total. The van der Waals surface area contributed by atoms with E-state index in [0.717, 1.165) is 27.2 Å². The Bertz CT molecular complexity index is 1090. The maximum absolute atomic E-state index is 12.2. The van der Waals surface area contributed by atoms with Crippen LogP contribution in [0.4, 0.5) is 0 Å². The molecule has 4 rings (SSSR count). The van der Waals surface area contributed by atoms with Crippen LogP contribution in [0, 0.1) is 6.92 Å². The molecule has 3 aromatic heterocycles. The Balaban J connectivity index is 1.30. The number of nitrogens with one attached hydrogen (secondary N) is 1. The molecule has 1 amide bonds. The molecular formula is C20H18N4O3S. The van der Waals surface area contributed by atoms with E-state index >= 15 is 0 Å². The molecule has 0 bridgehead atoms. The number of hydrogen-bond donors (Lipinski definition) is 1. The predicted octanol–water partition coefficient (Wildman–Crippen LogP) is 3.54. The fraction of sp³-hybridized carbons (Fsp3) is 0.200. The van der Waals surface area contributed by atoms with Crippen LogP contribution in [0.3, 0.4) is 0 Å². The minimum Gasteiger partial charge on any atom is -0.485 e. The first-order valence-electron chi connectivity index (χ1n) is 8.80. The van der Waals surface area contributed by atoms with Crippen LogP contribution in [0.5, 0.6) is 5.75 Å². The van der Waals surface area contributed by atoms with Gasteiger partial charge in [-0.3, -0.25) is 9.78 Å². The molecule has 0 aliphatic rings. The Hall–Kier alpha value is -3.26. The van der Waals surface area contributed by atoms with Gasteiger partial charge in [0.25, 0.3) is 5.91 Å². The topological polar surface area (TPSA) is 90.1 Å². The van der Waals surface area contributed by atoms with Crippen LogP contribution in [0.2, 0.25) is 0 Å². The maximum atomic E-state index is 12.2. The summed E-state index contributed by atoms with van der Waals surface area (Å²) in [6.07, 6.45) is 4.18. The lowest BCUT2D eigenvalue weighted by Gasteiger charge is -2.03. The van der Waals surface area contributed by atoms with Crippen LogP contribution in [0.25, 0.3) is 10.2 Å². The number of ether oxygens (including phenoxy) is 1. The highest BCUT2D eigenvalue weighted by Crippen LogP contribution is 2.26. The van der Waals surface area contributed by atoms with Crippen LogP contribution in [0.15, 0.2) is 53.3 Å². The number of aromatic nitrogens is 3. The Morgan fingerprint density at radius 2 is 2.07 bits per heavy atom. The number of hydrogen-bond acceptors (Lipinski definition) is 7. The van der Waals surface area contributed by atoms with E-state index in [4.69, 9.17) is 9.26 Å². The zero-order valence-electron chi connectivity index (χ0n) is 15.2. The van der Waals surface area contributed by atoms with Crippen molar-refractivity contribution < 1.29 is 14.1 Å². The first kappa shape index (κ1) is 18.1. The second kappa shape index (κ2) is 8.18. The molecule has 1 aromatic carbocycles. The van der Waals surface area contributed by atoms with Gasteiger partial charge in [0.2, 0.25) is 0 Å². The van der Waals surface area contributed by atoms with E-state index in [9.17, 15) is 4.79 Å². The Kier molecular flexibility index (Phi) is 5.29. The van der Waals surface area contributed by atoms with E-state index in [2.05, 4.69) is 20.4 Å². The Labute approximate surface area is 165 Å². The number of nitrogens with zero attached hydrogens (tertiary/aromatic N) is 3. The largest absolute Gasteiger partial charge is 0.485 e. The van der Waals surface area contributed by atoms with Crippen molar-refractivity contribution in [3.05, 3.63) is 70.8 Å². The number of amides is 1. The Morgan fingerprint density at radius 1 is 1.21 bits per heavy atom. The third-order valence-corrected chi connectivity index (χ3v) is 5.04. The molecule has 0 atom stereocenters. The molecule has 0 radical (unpaired) electrons. The van der Waals surface area contributed by atoms with Gasteiger partial charge in [-0.25, -0.2) is 4.98 Å². The summed E-state index contributed by atoms with van der Waals surface area (Å²) >= 11 is 1.64. The number of fused-ring (bicyclic) bond motifs is 1. The standard InChI is InChI=1S/C20H18N4O3S/c1-13-23-17-10-15(2-3-19(17)28-13)26-12-16-11-18(24-27-16)20(25)22-9-6-14-4-7-21-8-5-14/h2-5,7-8,10-11H,6,9,12H2,1H3,(H,22,25). The monoisotopic (exact) mass is 394 g/mol. The maximum Gasteiger partial charge on any atom is 0.273 e. The summed E-state index contributed by atoms with van der Waals surface area (Å²) in [5.74, 6) is 0.898. The van der Waals surface area contributed by atoms with E-state index < -0.39 is 0 Å². The highest BCUT2D eigenvalue weighted by Gasteiger charge is 2.13. The molecule has 28 heavy (non-hydrogen) atoms. The third kappa shape index (κ3) is 4.34. The first-order valence-corrected chi connectivity index (χ1v) is 9.62. The number of pyridine rings is 1. The van der Waals surface area contributed by atoms with E-state index in [1.807, 2.05) is 37.3 Å². The van der Waals surface area contributed by atoms with Crippen LogP contribution < -0.4 is 10.1 Å². The number of carbonyl (C=O) groups excluding carboxylic acids is 1. The van der Waals surface area contributed by atoms with Crippen molar-refractivity contribution in [3.63, 3.8) is 0 Å². The summed E-state index contributed by atoms with van der Waals surface area (Å²) < 4.78 is 12.1. The number of carbonyl (C=O) groups is 1. The van der Waals surface area contributed by atoms with Crippen molar-refractivity contribution in [2.24, 2.45) is 0 Å². The molecule has 0 unspecified atom stereocenters. The van der Waals surface area contributed by atoms with Crippen molar-refractivity contribution in [2.45, 2.75) is 20.0 Å². The molecule has 0 saturated heterocycles. The van der Waals surface area contributed by atoms with Crippen molar-refractivity contribution in [1.82, 2.24) is 20.4 Å². The molecule has 0 saturated carbocycles. The highest BCUT2D eigenvalue weighted by molar-refractivity contribution is 7.18. The molecule has 7 nitrogen and oxygen atoms in total. The van der Waals surface area contributed by atoms with Gasteiger partial charge in [-0.05, 0) is 43.2 Å². The zero-order chi connectivity index (χ0) is 19.3. The number of thiazole rings is 1. The molecule has 142 valence electrons. The van der Waals surface area contributed by atoms with Gasteiger partial charge in [-0.1, -0.05) is 5.16 Å². The normalized spacial score (nSPS) is 10.9. The number of aryl methyl sites for hydroxylation is 1. The minimum atomic E-state index is -0.275. The molecule has 0 spiro atoms. The van der Waals surface area contributed by atoms with Gasteiger partial charge in [-0.2, -0.15) is 0 Å². The first-order chi connectivity index (χ1) is 13.7. The fourth-order valence-electron chi connectivity index (χ4n) is 2.72. The van der Waals surface area contributed by atoms with E-state index in [1.54, 1.807) is 29.8 Å². The molecule has 0 aliphatic carbocycles. The lowest BCUT2D eigenvalue weighted by Crippen LogP contribution is -2.25. The fourth-order valence-corrected chi connectivity index (χ4v) is 3.52. The van der Waals surface area contributed by atoms with Gasteiger partial charge in [0.1, 0.15) is 12.4 Å². The highest BCUT2D eigenvalue weighted by atomic mass is 32.1. The van der Waals surface area contributed by atoms with Crippen LogP contribution in [-0.2, 0) is 13.0 Å². The summed E-state index contributed by atoms with van der Waals surface area (Å²) in [7, 11) is 0. The summed E-state index contributed by atoms with van der Waals surface area (Å²) in [6.45, 7) is 2.67. The second-order valence-corrected chi connectivity index (χ2v) is 7.43. The van der Waals surface area contributed by atoms with Gasteiger partial charge in [0.15, 0.2) is 11.5 Å². The lowest BCUT2D eigenvalue weighted by molar-refractivity contribution is 0.0944. The van der Waals surface area contributed by atoms with Gasteiger partial charge in [0, 0.05) is 31.1 Å². The van der Waals surface area contributed by atoms with Crippen molar-refractivity contribution in [3.8, 4) is 5.75 Å².